The number of rotatable bonds is 7. The predicted molar refractivity (Wildman–Crippen MR) is 111 cm³/mol. The van der Waals surface area contributed by atoms with Gasteiger partial charge in [0, 0.05) is 49.6 Å². The quantitative estimate of drug-likeness (QED) is 0.764. The molecule has 3 rings (SSSR count). The number of amides is 1. The molecule has 0 bridgehead atoms. The Morgan fingerprint density at radius 2 is 2.14 bits per heavy atom. The van der Waals surface area contributed by atoms with Gasteiger partial charge in [-0.05, 0) is 31.4 Å². The number of nitrogens with one attached hydrogen (secondary N) is 2. The van der Waals surface area contributed by atoms with E-state index in [4.69, 9.17) is 9.72 Å². The van der Waals surface area contributed by atoms with Crippen LogP contribution < -0.4 is 20.3 Å². The molecule has 7 heteroatoms. The van der Waals surface area contributed by atoms with Crippen LogP contribution in [0.2, 0.25) is 0 Å². The van der Waals surface area contributed by atoms with E-state index in [0.29, 0.717) is 5.95 Å². The maximum Gasteiger partial charge on any atom is 0.229 e. The summed E-state index contributed by atoms with van der Waals surface area (Å²) >= 11 is 0. The molecule has 0 radical (unpaired) electrons. The average Bonchev–Trinajstić information content (AvgIpc) is 3.11. The fraction of sp³-hybridized carbons (Fsp3) is 0.476. The van der Waals surface area contributed by atoms with Gasteiger partial charge < -0.3 is 20.3 Å². The van der Waals surface area contributed by atoms with Gasteiger partial charge in [0.15, 0.2) is 0 Å². The Hall–Kier alpha value is -2.83. The normalized spacial score (nSPS) is 16.1. The summed E-state index contributed by atoms with van der Waals surface area (Å²) in [7, 11) is 1.67. The Morgan fingerprint density at radius 1 is 1.32 bits per heavy atom. The predicted octanol–water partition coefficient (Wildman–Crippen LogP) is 3.20. The number of benzene rings is 1. The second kappa shape index (κ2) is 8.91. The second-order valence-electron chi connectivity index (χ2n) is 7.23. The summed E-state index contributed by atoms with van der Waals surface area (Å²) in [5, 5.41) is 6.31. The molecular weight excluding hydrogens is 354 g/mol. The van der Waals surface area contributed by atoms with Crippen molar-refractivity contribution in [3.63, 3.8) is 0 Å². The van der Waals surface area contributed by atoms with Crippen LogP contribution in [-0.2, 0) is 11.2 Å². The number of aromatic nitrogens is 2. The topological polar surface area (TPSA) is 79.4 Å². The second-order valence-corrected chi connectivity index (χ2v) is 7.23. The van der Waals surface area contributed by atoms with Crippen molar-refractivity contribution >= 4 is 23.4 Å². The summed E-state index contributed by atoms with van der Waals surface area (Å²) < 4.78 is 5.41. The van der Waals surface area contributed by atoms with Gasteiger partial charge in [0.05, 0.1) is 7.11 Å². The van der Waals surface area contributed by atoms with Crippen molar-refractivity contribution in [3.05, 3.63) is 35.5 Å². The van der Waals surface area contributed by atoms with E-state index < -0.39 is 0 Å². The van der Waals surface area contributed by atoms with Crippen LogP contribution in [-0.4, -0.2) is 42.1 Å². The first-order valence-corrected chi connectivity index (χ1v) is 9.80. The molecule has 1 aliphatic heterocycles. The third kappa shape index (κ3) is 4.91. The third-order valence-corrected chi connectivity index (χ3v) is 4.86. The van der Waals surface area contributed by atoms with Gasteiger partial charge in [-0.15, -0.1) is 0 Å². The van der Waals surface area contributed by atoms with Gasteiger partial charge in [-0.3, -0.25) is 4.79 Å². The molecule has 1 amide bonds. The smallest absolute Gasteiger partial charge is 0.229 e. The first-order valence-electron chi connectivity index (χ1n) is 9.80. The number of carbonyl (C=O) groups is 1. The lowest BCUT2D eigenvalue weighted by molar-refractivity contribution is -0.119. The summed E-state index contributed by atoms with van der Waals surface area (Å²) in [5.74, 6) is 2.31. The molecule has 0 spiro atoms. The van der Waals surface area contributed by atoms with Crippen molar-refractivity contribution in [1.82, 2.24) is 15.3 Å². The molecular formula is C21H29N5O2. The molecule has 1 aromatic carbocycles. The van der Waals surface area contributed by atoms with E-state index in [2.05, 4.69) is 33.5 Å². The van der Waals surface area contributed by atoms with E-state index in [0.717, 1.165) is 60.9 Å². The van der Waals surface area contributed by atoms with Gasteiger partial charge >= 0.3 is 0 Å². The number of aryl methyl sites for hydroxylation is 2. The fourth-order valence-corrected chi connectivity index (χ4v) is 3.49. The Morgan fingerprint density at radius 3 is 2.86 bits per heavy atom. The highest BCUT2D eigenvalue weighted by atomic mass is 16.5. The zero-order valence-corrected chi connectivity index (χ0v) is 17.1. The van der Waals surface area contributed by atoms with E-state index >= 15 is 0 Å². The fourth-order valence-electron chi connectivity index (χ4n) is 3.49. The number of ether oxygens (including phenoxy) is 1. The number of hydrogen-bond donors (Lipinski definition) is 2. The zero-order valence-electron chi connectivity index (χ0n) is 17.1. The van der Waals surface area contributed by atoms with E-state index in [-0.39, 0.29) is 11.9 Å². The molecule has 1 fully saturated rings. The van der Waals surface area contributed by atoms with Gasteiger partial charge in [0.1, 0.15) is 11.6 Å². The summed E-state index contributed by atoms with van der Waals surface area (Å²) in [4.78, 5) is 23.0. The van der Waals surface area contributed by atoms with Crippen LogP contribution >= 0.6 is 0 Å². The van der Waals surface area contributed by atoms with Crippen molar-refractivity contribution in [1.29, 1.82) is 0 Å². The molecule has 2 aromatic rings. The lowest BCUT2D eigenvalue weighted by Gasteiger charge is -2.19. The minimum absolute atomic E-state index is 0.0110. The Bertz CT molecular complexity index is 840. The zero-order chi connectivity index (χ0) is 20.1. The Balaban J connectivity index is 1.83. The van der Waals surface area contributed by atoms with Crippen molar-refractivity contribution in [2.45, 2.75) is 46.1 Å². The maximum atomic E-state index is 11.3. The first-order chi connectivity index (χ1) is 13.5. The molecule has 1 aliphatic rings. The van der Waals surface area contributed by atoms with Crippen molar-refractivity contribution < 1.29 is 9.53 Å². The number of nitrogens with zero attached hydrogens (tertiary/aromatic N) is 3. The van der Waals surface area contributed by atoms with Gasteiger partial charge in [-0.1, -0.05) is 19.4 Å². The molecule has 0 aliphatic carbocycles. The molecule has 1 atom stereocenters. The highest BCUT2D eigenvalue weighted by molar-refractivity contribution is 5.73. The minimum atomic E-state index is 0.0110. The summed E-state index contributed by atoms with van der Waals surface area (Å²) in [6.45, 7) is 7.34. The lowest BCUT2D eigenvalue weighted by atomic mass is 10.2. The van der Waals surface area contributed by atoms with Gasteiger partial charge in [-0.2, -0.15) is 4.98 Å². The highest BCUT2D eigenvalue weighted by Gasteiger charge is 2.24. The number of hydrogen-bond acceptors (Lipinski definition) is 6. The van der Waals surface area contributed by atoms with Gasteiger partial charge in [-0.25, -0.2) is 4.98 Å². The molecule has 1 saturated heterocycles. The first kappa shape index (κ1) is 19.9. The molecule has 150 valence electrons. The van der Waals surface area contributed by atoms with Crippen molar-refractivity contribution in [3.8, 4) is 5.75 Å². The van der Waals surface area contributed by atoms with E-state index in [1.54, 1.807) is 14.0 Å². The van der Waals surface area contributed by atoms with Gasteiger partial charge in [0.2, 0.25) is 11.9 Å². The largest absolute Gasteiger partial charge is 0.496 e. The standard InChI is InChI=1S/C21H29N5O2/c1-5-6-16-12-20(26-10-9-18(13-26)22-15(3)27)25-21(23-16)24-17-8-7-14(2)19(11-17)28-4/h7-8,11-12,18H,5-6,9-10,13H2,1-4H3,(H,22,27)(H,23,24,25)/t18-/m0/s1. The molecule has 1 aromatic heterocycles. The number of anilines is 3. The third-order valence-electron chi connectivity index (χ3n) is 4.86. The number of carbonyl (C=O) groups excluding carboxylic acids is 1. The number of methoxy groups -OCH3 is 1. The average molecular weight is 383 g/mol. The molecule has 2 N–H and O–H groups in total. The van der Waals surface area contributed by atoms with Crippen LogP contribution in [0.3, 0.4) is 0 Å². The molecule has 2 heterocycles. The van der Waals surface area contributed by atoms with Crippen molar-refractivity contribution in [2.24, 2.45) is 0 Å². The van der Waals surface area contributed by atoms with E-state index in [9.17, 15) is 4.79 Å². The Kier molecular flexibility index (Phi) is 6.34. The Labute approximate surface area is 166 Å². The van der Waals surface area contributed by atoms with Crippen LogP contribution in [0.25, 0.3) is 0 Å². The lowest BCUT2D eigenvalue weighted by Crippen LogP contribution is -2.35. The van der Waals surface area contributed by atoms with Crippen LogP contribution in [0.5, 0.6) is 5.75 Å². The van der Waals surface area contributed by atoms with Crippen LogP contribution in [0.15, 0.2) is 24.3 Å². The SMILES string of the molecule is CCCc1cc(N2CC[C@H](NC(C)=O)C2)nc(Nc2ccc(C)c(OC)c2)n1. The van der Waals surface area contributed by atoms with Crippen LogP contribution in [0.4, 0.5) is 17.5 Å². The summed E-state index contributed by atoms with van der Waals surface area (Å²) in [6, 6.07) is 8.18. The van der Waals surface area contributed by atoms with E-state index in [1.807, 2.05) is 25.1 Å². The van der Waals surface area contributed by atoms with E-state index in [1.165, 1.54) is 0 Å². The molecule has 0 saturated carbocycles. The molecule has 7 nitrogen and oxygen atoms in total. The van der Waals surface area contributed by atoms with Crippen LogP contribution in [0.1, 0.15) is 37.9 Å². The summed E-state index contributed by atoms with van der Waals surface area (Å²) in [5.41, 5.74) is 2.98. The minimum Gasteiger partial charge on any atom is -0.496 e. The monoisotopic (exact) mass is 383 g/mol. The highest BCUT2D eigenvalue weighted by Crippen LogP contribution is 2.26. The van der Waals surface area contributed by atoms with Crippen LogP contribution in [0, 0.1) is 6.92 Å². The molecule has 28 heavy (non-hydrogen) atoms. The van der Waals surface area contributed by atoms with Crippen molar-refractivity contribution in [2.75, 3.05) is 30.4 Å². The maximum absolute atomic E-state index is 11.3. The summed E-state index contributed by atoms with van der Waals surface area (Å²) in [6.07, 6.45) is 2.83. The molecule has 0 unspecified atom stereocenters. The van der Waals surface area contributed by atoms with Gasteiger partial charge in [0.25, 0.3) is 0 Å².